The monoisotopic (exact) mass is 260 g/mol. The van der Waals surface area contributed by atoms with Gasteiger partial charge in [-0.2, -0.15) is 5.10 Å². The number of rotatable bonds is 3. The largest absolute Gasteiger partial charge is 0.310 e. The van der Waals surface area contributed by atoms with E-state index in [1.807, 2.05) is 4.68 Å². The maximum absolute atomic E-state index is 12.1. The van der Waals surface area contributed by atoms with E-state index in [4.69, 9.17) is 0 Å². The Morgan fingerprint density at radius 3 is 2.84 bits per heavy atom. The highest BCUT2D eigenvalue weighted by molar-refractivity contribution is 5.73. The van der Waals surface area contributed by atoms with Gasteiger partial charge in [-0.3, -0.25) is 4.79 Å². The van der Waals surface area contributed by atoms with Gasteiger partial charge < -0.3 is 4.98 Å². The van der Waals surface area contributed by atoms with Crippen molar-refractivity contribution in [3.63, 3.8) is 0 Å². The summed E-state index contributed by atoms with van der Waals surface area (Å²) in [7, 11) is 0. The number of aromatic nitrogens is 4. The zero-order valence-electron chi connectivity index (χ0n) is 11.5. The molecule has 0 atom stereocenters. The van der Waals surface area contributed by atoms with Crippen molar-refractivity contribution < 1.29 is 0 Å². The molecule has 1 N–H and O–H groups in total. The highest BCUT2D eigenvalue weighted by atomic mass is 16.1. The van der Waals surface area contributed by atoms with Gasteiger partial charge in [0.1, 0.15) is 11.2 Å². The third-order valence-electron chi connectivity index (χ3n) is 3.78. The Morgan fingerprint density at radius 2 is 2.16 bits per heavy atom. The number of nitrogens with zero attached hydrogens (tertiary/aromatic N) is 3. The van der Waals surface area contributed by atoms with Crippen molar-refractivity contribution in [2.24, 2.45) is 5.92 Å². The maximum atomic E-state index is 12.1. The highest BCUT2D eigenvalue weighted by Crippen LogP contribution is 2.30. The molecule has 0 aliphatic heterocycles. The summed E-state index contributed by atoms with van der Waals surface area (Å²) >= 11 is 0. The summed E-state index contributed by atoms with van der Waals surface area (Å²) in [5, 5.41) is 5.00. The predicted octanol–water partition coefficient (Wildman–Crippen LogP) is 2.43. The molecule has 0 aromatic carbocycles. The molecule has 1 saturated carbocycles. The second kappa shape index (κ2) is 4.79. The van der Waals surface area contributed by atoms with Gasteiger partial charge in [-0.25, -0.2) is 9.67 Å². The van der Waals surface area contributed by atoms with Crippen molar-refractivity contribution in [1.29, 1.82) is 0 Å². The smallest absolute Gasteiger partial charge is 0.262 e. The fourth-order valence-corrected chi connectivity index (χ4v) is 2.88. The maximum Gasteiger partial charge on any atom is 0.262 e. The molecule has 0 spiro atoms. The first-order valence-corrected chi connectivity index (χ1v) is 7.11. The molecule has 2 aromatic rings. The minimum absolute atomic E-state index is 0.0649. The number of nitrogens with one attached hydrogen (secondary N) is 1. The third-order valence-corrected chi connectivity index (χ3v) is 3.78. The average Bonchev–Trinajstić information content (AvgIpc) is 2.94. The third kappa shape index (κ3) is 2.29. The van der Waals surface area contributed by atoms with E-state index >= 15 is 0 Å². The lowest BCUT2D eigenvalue weighted by molar-refractivity contribution is 0.477. The van der Waals surface area contributed by atoms with Crippen LogP contribution in [0.3, 0.4) is 0 Å². The molecule has 0 bridgehead atoms. The summed E-state index contributed by atoms with van der Waals surface area (Å²) in [5.41, 5.74) is 0.691. The van der Waals surface area contributed by atoms with Crippen molar-refractivity contribution >= 4 is 11.0 Å². The molecule has 1 aliphatic carbocycles. The second-order valence-electron chi connectivity index (χ2n) is 5.88. The lowest BCUT2D eigenvalue weighted by Gasteiger charge is -2.11. The minimum Gasteiger partial charge on any atom is -0.310 e. The Kier molecular flexibility index (Phi) is 3.12. The van der Waals surface area contributed by atoms with Gasteiger partial charge in [0.05, 0.1) is 12.2 Å². The van der Waals surface area contributed by atoms with Crippen LogP contribution in [0.25, 0.3) is 11.0 Å². The number of hydrogen-bond donors (Lipinski definition) is 1. The number of hydrogen-bond acceptors (Lipinski definition) is 3. The Balaban J connectivity index is 2.09. The standard InChI is InChI=1S/C14H20N4O/c1-9(2)7-12-16-13-11(14(19)17-12)8-15-18(13)10-5-3-4-6-10/h8-10H,3-7H2,1-2H3,(H,16,17,19). The SMILES string of the molecule is CC(C)Cc1nc2c(cnn2C2CCCC2)c(=O)[nH]1. The Morgan fingerprint density at radius 1 is 1.42 bits per heavy atom. The second-order valence-corrected chi connectivity index (χ2v) is 5.88. The molecule has 3 rings (SSSR count). The van der Waals surface area contributed by atoms with E-state index in [1.54, 1.807) is 6.20 Å². The molecule has 1 fully saturated rings. The van der Waals surface area contributed by atoms with Crippen molar-refractivity contribution in [2.75, 3.05) is 0 Å². The van der Waals surface area contributed by atoms with Crippen LogP contribution >= 0.6 is 0 Å². The van der Waals surface area contributed by atoms with Crippen molar-refractivity contribution in [3.05, 3.63) is 22.4 Å². The van der Waals surface area contributed by atoms with Gasteiger partial charge in [0.2, 0.25) is 0 Å². The van der Waals surface area contributed by atoms with E-state index < -0.39 is 0 Å². The van der Waals surface area contributed by atoms with E-state index in [0.29, 0.717) is 17.3 Å². The van der Waals surface area contributed by atoms with Gasteiger partial charge in [0.25, 0.3) is 5.56 Å². The highest BCUT2D eigenvalue weighted by Gasteiger charge is 2.21. The molecule has 5 nitrogen and oxygen atoms in total. The first-order valence-electron chi connectivity index (χ1n) is 7.11. The molecule has 5 heteroatoms. The Hall–Kier alpha value is -1.65. The van der Waals surface area contributed by atoms with Crippen LogP contribution in [-0.2, 0) is 6.42 Å². The molecule has 2 heterocycles. The van der Waals surface area contributed by atoms with E-state index in [1.165, 1.54) is 12.8 Å². The molecule has 1 aliphatic rings. The summed E-state index contributed by atoms with van der Waals surface area (Å²) in [4.78, 5) is 19.6. The van der Waals surface area contributed by atoms with Crippen LogP contribution in [-0.4, -0.2) is 19.7 Å². The molecule has 2 aromatic heterocycles. The fourth-order valence-electron chi connectivity index (χ4n) is 2.88. The summed E-state index contributed by atoms with van der Waals surface area (Å²) in [6, 6.07) is 0.415. The van der Waals surface area contributed by atoms with Crippen molar-refractivity contribution in [2.45, 2.75) is 52.0 Å². The van der Waals surface area contributed by atoms with Crippen LogP contribution in [0.2, 0.25) is 0 Å². The van der Waals surface area contributed by atoms with E-state index in [0.717, 1.165) is 30.7 Å². The van der Waals surface area contributed by atoms with Gasteiger partial charge in [-0.1, -0.05) is 26.7 Å². The van der Waals surface area contributed by atoms with Crippen LogP contribution in [0.5, 0.6) is 0 Å². The summed E-state index contributed by atoms with van der Waals surface area (Å²) < 4.78 is 1.96. The molecule has 0 amide bonds. The molecular weight excluding hydrogens is 240 g/mol. The topological polar surface area (TPSA) is 63.6 Å². The quantitative estimate of drug-likeness (QED) is 0.921. The molecule has 102 valence electrons. The first-order chi connectivity index (χ1) is 9.15. The minimum atomic E-state index is -0.0649. The zero-order valence-corrected chi connectivity index (χ0v) is 11.5. The van der Waals surface area contributed by atoms with E-state index in [-0.39, 0.29) is 5.56 Å². The van der Waals surface area contributed by atoms with Crippen LogP contribution in [0.15, 0.2) is 11.0 Å². The zero-order chi connectivity index (χ0) is 13.4. The molecule has 0 saturated heterocycles. The van der Waals surface area contributed by atoms with Crippen LogP contribution in [0.4, 0.5) is 0 Å². The fraction of sp³-hybridized carbons (Fsp3) is 0.643. The molecule has 0 radical (unpaired) electrons. The molecule has 19 heavy (non-hydrogen) atoms. The molecule has 0 unspecified atom stereocenters. The summed E-state index contributed by atoms with van der Waals surface area (Å²) in [5.74, 6) is 1.25. The molecular formula is C14H20N4O. The number of aromatic amines is 1. The lowest BCUT2D eigenvalue weighted by Crippen LogP contribution is -2.15. The van der Waals surface area contributed by atoms with Crippen molar-refractivity contribution in [3.8, 4) is 0 Å². The van der Waals surface area contributed by atoms with Crippen LogP contribution in [0.1, 0.15) is 51.4 Å². The lowest BCUT2D eigenvalue weighted by atomic mass is 10.1. The van der Waals surface area contributed by atoms with Gasteiger partial charge in [-0.05, 0) is 18.8 Å². The Bertz CT molecular complexity index is 634. The number of H-pyrrole nitrogens is 1. The Labute approximate surface area is 112 Å². The number of fused-ring (bicyclic) bond motifs is 1. The van der Waals surface area contributed by atoms with Gasteiger partial charge in [-0.15, -0.1) is 0 Å². The first kappa shape index (κ1) is 12.4. The predicted molar refractivity (Wildman–Crippen MR) is 74.2 cm³/mol. The van der Waals surface area contributed by atoms with Gasteiger partial charge >= 0.3 is 0 Å². The summed E-state index contributed by atoms with van der Waals surface area (Å²) in [6.07, 6.45) is 7.22. The average molecular weight is 260 g/mol. The normalized spacial score (nSPS) is 16.8. The van der Waals surface area contributed by atoms with Gasteiger partial charge in [0, 0.05) is 6.42 Å². The van der Waals surface area contributed by atoms with Crippen molar-refractivity contribution in [1.82, 2.24) is 19.7 Å². The van der Waals surface area contributed by atoms with E-state index in [2.05, 4.69) is 28.9 Å². The van der Waals surface area contributed by atoms with Crippen LogP contribution < -0.4 is 5.56 Å². The summed E-state index contributed by atoms with van der Waals surface area (Å²) in [6.45, 7) is 4.25. The van der Waals surface area contributed by atoms with Gasteiger partial charge in [0.15, 0.2) is 5.65 Å². The van der Waals surface area contributed by atoms with Crippen LogP contribution in [0, 0.1) is 5.92 Å². The van der Waals surface area contributed by atoms with E-state index in [9.17, 15) is 4.79 Å².